The van der Waals surface area contributed by atoms with E-state index in [0.717, 1.165) is 27.2 Å². The Morgan fingerprint density at radius 2 is 1.64 bits per heavy atom. The van der Waals surface area contributed by atoms with Crippen molar-refractivity contribution < 1.29 is 24.2 Å². The van der Waals surface area contributed by atoms with Gasteiger partial charge in [0.1, 0.15) is 19.2 Å². The largest absolute Gasteiger partial charge is 0.480 e. The van der Waals surface area contributed by atoms with Crippen molar-refractivity contribution in [1.82, 2.24) is 10.2 Å². The Kier molecular flexibility index (Phi) is 7.07. The maximum absolute atomic E-state index is 13.0. The van der Waals surface area contributed by atoms with Crippen molar-refractivity contribution in [3.63, 3.8) is 0 Å². The van der Waals surface area contributed by atoms with Gasteiger partial charge in [-0.3, -0.25) is 9.59 Å². The minimum absolute atomic E-state index is 0.105. The molecule has 1 atom stereocenters. The number of carbonyl (C=O) groups excluding carboxylic acids is 2. The number of ether oxygens (including phenoxy) is 1. The van der Waals surface area contributed by atoms with E-state index in [1.807, 2.05) is 48.5 Å². The molecular weight excluding hydrogens is 420 g/mol. The molecule has 0 bridgehead atoms. The maximum atomic E-state index is 13.0. The second-order valence-electron chi connectivity index (χ2n) is 9.06. The molecule has 1 aliphatic carbocycles. The first-order chi connectivity index (χ1) is 15.6. The topological polar surface area (TPSA) is 95.9 Å². The zero-order valence-electron chi connectivity index (χ0n) is 19.0. The van der Waals surface area contributed by atoms with Gasteiger partial charge in [0.2, 0.25) is 5.91 Å². The molecule has 0 heterocycles. The smallest absolute Gasteiger partial charge is 0.407 e. The first kappa shape index (κ1) is 23.9. The molecule has 3 rings (SSSR count). The summed E-state index contributed by atoms with van der Waals surface area (Å²) in [5.74, 6) is 0.418. The van der Waals surface area contributed by atoms with Gasteiger partial charge in [-0.15, -0.1) is 6.42 Å². The van der Waals surface area contributed by atoms with Crippen LogP contribution in [0.4, 0.5) is 4.79 Å². The van der Waals surface area contributed by atoms with Crippen LogP contribution in [0, 0.1) is 17.8 Å². The molecule has 2 N–H and O–H groups in total. The van der Waals surface area contributed by atoms with Crippen LogP contribution in [0.3, 0.4) is 0 Å². The normalized spacial score (nSPS) is 13.3. The molecule has 0 unspecified atom stereocenters. The number of rotatable bonds is 7. The number of carboxylic acids is 1. The Morgan fingerprint density at radius 1 is 1.09 bits per heavy atom. The summed E-state index contributed by atoms with van der Waals surface area (Å²) >= 11 is 0. The average Bonchev–Trinajstić information content (AvgIpc) is 3.08. The molecule has 0 aromatic heterocycles. The molecule has 2 amide bonds. The lowest BCUT2D eigenvalue weighted by atomic mass is 9.86. The molecule has 2 aromatic carbocycles. The number of hydrogen-bond donors (Lipinski definition) is 2. The third-order valence-corrected chi connectivity index (χ3v) is 5.64. The van der Waals surface area contributed by atoms with Crippen LogP contribution < -0.4 is 5.32 Å². The van der Waals surface area contributed by atoms with Crippen molar-refractivity contribution in [3.05, 3.63) is 59.7 Å². The molecule has 0 fully saturated rings. The summed E-state index contributed by atoms with van der Waals surface area (Å²) in [4.78, 5) is 38.0. The van der Waals surface area contributed by atoms with Crippen LogP contribution >= 0.6 is 0 Å². The predicted molar refractivity (Wildman–Crippen MR) is 124 cm³/mol. The molecule has 7 nitrogen and oxygen atoms in total. The highest BCUT2D eigenvalue weighted by molar-refractivity contribution is 5.89. The van der Waals surface area contributed by atoms with Gasteiger partial charge in [-0.2, -0.15) is 0 Å². The Morgan fingerprint density at radius 3 is 2.12 bits per heavy atom. The molecule has 0 saturated heterocycles. The van der Waals surface area contributed by atoms with Gasteiger partial charge in [0.15, 0.2) is 0 Å². The van der Waals surface area contributed by atoms with Crippen LogP contribution in [0.2, 0.25) is 0 Å². The summed E-state index contributed by atoms with van der Waals surface area (Å²) in [5.41, 5.74) is 3.69. The number of hydrogen-bond acceptors (Lipinski definition) is 4. The van der Waals surface area contributed by atoms with Gasteiger partial charge < -0.3 is 20.1 Å². The number of alkyl carbamates (subject to hydrolysis) is 1. The van der Waals surface area contributed by atoms with Gasteiger partial charge in [-0.25, -0.2) is 4.79 Å². The van der Waals surface area contributed by atoms with E-state index in [9.17, 15) is 14.4 Å². The molecule has 7 heteroatoms. The van der Waals surface area contributed by atoms with Gasteiger partial charge >= 0.3 is 12.1 Å². The summed E-state index contributed by atoms with van der Waals surface area (Å²) < 4.78 is 5.56. The number of aliphatic carboxylic acids is 1. The van der Waals surface area contributed by atoms with E-state index in [2.05, 4.69) is 11.2 Å². The maximum Gasteiger partial charge on any atom is 0.407 e. The number of carboxylic acid groups (broad SMARTS) is 1. The summed E-state index contributed by atoms with van der Waals surface area (Å²) in [6.07, 6.45) is 4.55. The van der Waals surface area contributed by atoms with Crippen LogP contribution in [0.5, 0.6) is 0 Å². The lowest BCUT2D eigenvalue weighted by Gasteiger charge is -2.33. The van der Waals surface area contributed by atoms with Crippen LogP contribution in [-0.2, 0) is 14.3 Å². The molecule has 33 heavy (non-hydrogen) atoms. The standard InChI is InChI=1S/C26H28N2O5/c1-5-14-28(15-22(29)30)24(31)23(26(2,3)4)27-25(32)33-16-21-19-12-8-6-10-17(19)18-11-7-9-13-20(18)21/h1,6-13,21,23H,14-16H2,2-4H3,(H,27,32)(H,29,30)/t23-/m1/s1. The molecule has 172 valence electrons. The molecule has 1 aliphatic rings. The number of nitrogens with one attached hydrogen (secondary N) is 1. The van der Waals surface area contributed by atoms with E-state index >= 15 is 0 Å². The highest BCUT2D eigenvalue weighted by Crippen LogP contribution is 2.44. The highest BCUT2D eigenvalue weighted by Gasteiger charge is 2.37. The third kappa shape index (κ3) is 5.35. The zero-order valence-corrected chi connectivity index (χ0v) is 19.0. The minimum atomic E-state index is -1.19. The quantitative estimate of drug-likeness (QED) is 0.632. The molecule has 0 radical (unpaired) electrons. The van der Waals surface area contributed by atoms with E-state index in [4.69, 9.17) is 16.3 Å². The SMILES string of the molecule is C#CCN(CC(=O)O)C(=O)[C@@H](NC(=O)OCC1c2ccccc2-c2ccccc21)C(C)(C)C. The fourth-order valence-electron chi connectivity index (χ4n) is 4.07. The van der Waals surface area contributed by atoms with Crippen molar-refractivity contribution in [1.29, 1.82) is 0 Å². The van der Waals surface area contributed by atoms with Gasteiger partial charge in [0.05, 0.1) is 6.54 Å². The average molecular weight is 449 g/mol. The lowest BCUT2D eigenvalue weighted by Crippen LogP contribution is -2.55. The third-order valence-electron chi connectivity index (χ3n) is 5.64. The van der Waals surface area contributed by atoms with E-state index < -0.39 is 36.0 Å². The van der Waals surface area contributed by atoms with Crippen molar-refractivity contribution in [2.45, 2.75) is 32.7 Å². The fraction of sp³-hybridized carbons (Fsp3) is 0.346. The summed E-state index contributed by atoms with van der Waals surface area (Å²) in [7, 11) is 0. The van der Waals surface area contributed by atoms with Crippen molar-refractivity contribution in [3.8, 4) is 23.5 Å². The van der Waals surface area contributed by atoms with E-state index in [1.165, 1.54) is 0 Å². The number of fused-ring (bicyclic) bond motifs is 3. The molecule has 2 aromatic rings. The van der Waals surface area contributed by atoms with Gasteiger partial charge in [-0.05, 0) is 27.7 Å². The molecular formula is C26H28N2O5. The number of benzene rings is 2. The van der Waals surface area contributed by atoms with Crippen LogP contribution in [0.25, 0.3) is 11.1 Å². The number of amides is 2. The van der Waals surface area contributed by atoms with E-state index in [0.29, 0.717) is 0 Å². The van der Waals surface area contributed by atoms with Crippen LogP contribution in [0.15, 0.2) is 48.5 Å². The Balaban J connectivity index is 1.74. The van der Waals surface area contributed by atoms with Crippen molar-refractivity contribution >= 4 is 18.0 Å². The first-order valence-corrected chi connectivity index (χ1v) is 10.7. The van der Waals surface area contributed by atoms with Crippen LogP contribution in [0.1, 0.15) is 37.8 Å². The minimum Gasteiger partial charge on any atom is -0.480 e. The Hall–Kier alpha value is -3.79. The highest BCUT2D eigenvalue weighted by atomic mass is 16.5. The first-order valence-electron chi connectivity index (χ1n) is 10.7. The molecule has 0 aliphatic heterocycles. The van der Waals surface area contributed by atoms with E-state index in [-0.39, 0.29) is 19.1 Å². The van der Waals surface area contributed by atoms with Gasteiger partial charge in [0.25, 0.3) is 0 Å². The number of carbonyl (C=O) groups is 3. The summed E-state index contributed by atoms with van der Waals surface area (Å²) in [6, 6.07) is 15.0. The predicted octanol–water partition coefficient (Wildman–Crippen LogP) is 3.49. The van der Waals surface area contributed by atoms with Gasteiger partial charge in [-0.1, -0.05) is 75.2 Å². The van der Waals surface area contributed by atoms with E-state index in [1.54, 1.807) is 20.8 Å². The summed E-state index contributed by atoms with van der Waals surface area (Å²) in [6.45, 7) is 4.69. The number of terminal acetylenes is 1. The van der Waals surface area contributed by atoms with Gasteiger partial charge in [0, 0.05) is 5.92 Å². The Labute approximate surface area is 193 Å². The summed E-state index contributed by atoms with van der Waals surface area (Å²) in [5, 5.41) is 11.7. The monoisotopic (exact) mass is 448 g/mol. The fourth-order valence-corrected chi connectivity index (χ4v) is 4.07. The van der Waals surface area contributed by atoms with Crippen molar-refractivity contribution in [2.24, 2.45) is 5.41 Å². The molecule has 0 spiro atoms. The zero-order chi connectivity index (χ0) is 24.2. The number of nitrogens with zero attached hydrogens (tertiary/aromatic N) is 1. The lowest BCUT2D eigenvalue weighted by molar-refractivity contribution is -0.146. The molecule has 0 saturated carbocycles. The van der Waals surface area contributed by atoms with Crippen LogP contribution in [-0.4, -0.2) is 53.7 Å². The van der Waals surface area contributed by atoms with Crippen molar-refractivity contribution in [2.75, 3.05) is 19.7 Å². The Bertz CT molecular complexity index is 1050. The second kappa shape index (κ2) is 9.78. The second-order valence-corrected chi connectivity index (χ2v) is 9.06.